The molecule has 0 unspecified atom stereocenters. The second-order valence-corrected chi connectivity index (χ2v) is 9.40. The van der Waals surface area contributed by atoms with E-state index in [4.69, 9.17) is 0 Å². The molecule has 1 aromatic carbocycles. The Bertz CT molecular complexity index is 626. The molecule has 0 N–H and O–H groups in total. The summed E-state index contributed by atoms with van der Waals surface area (Å²) in [5, 5.41) is 0.979. The van der Waals surface area contributed by atoms with Crippen molar-refractivity contribution >= 4 is 52.6 Å². The molecule has 0 bridgehead atoms. The second-order valence-electron chi connectivity index (χ2n) is 3.15. The van der Waals surface area contributed by atoms with Crippen LogP contribution in [0.5, 0.6) is 0 Å². The molecule has 0 radical (unpaired) electrons. The van der Waals surface area contributed by atoms with E-state index in [1.165, 1.54) is 6.07 Å². The number of alkyl halides is 2. The third-order valence-electron chi connectivity index (χ3n) is 2.10. The number of fused-ring (bicyclic) bond motifs is 1. The fourth-order valence-electron chi connectivity index (χ4n) is 1.30. The van der Waals surface area contributed by atoms with Crippen molar-refractivity contribution in [3.05, 3.63) is 36.4 Å². The minimum atomic E-state index is -3.45. The number of rotatable bonds is 2. The van der Waals surface area contributed by atoms with Crippen LogP contribution in [0.25, 0.3) is 10.9 Å². The molecule has 0 saturated heterocycles. The van der Waals surface area contributed by atoms with Gasteiger partial charge in [0.1, 0.15) is 0 Å². The average molecular weight is 365 g/mol. The first kappa shape index (κ1) is 12.0. The SMILES string of the molecule is O=S(=O)(c1ccc2ccccc2n1)C(Br)Br. The Morgan fingerprint density at radius 3 is 2.44 bits per heavy atom. The van der Waals surface area contributed by atoms with Gasteiger partial charge in [0.05, 0.1) is 5.52 Å². The molecule has 0 aliphatic carbocycles. The van der Waals surface area contributed by atoms with Crippen LogP contribution in [0.4, 0.5) is 0 Å². The Morgan fingerprint density at radius 1 is 1.06 bits per heavy atom. The molecule has 0 fully saturated rings. The lowest BCUT2D eigenvalue weighted by atomic mass is 10.2. The first-order valence-electron chi connectivity index (χ1n) is 4.39. The summed E-state index contributed by atoms with van der Waals surface area (Å²) < 4.78 is 22.8. The monoisotopic (exact) mass is 363 g/mol. The van der Waals surface area contributed by atoms with Crippen molar-refractivity contribution in [1.29, 1.82) is 0 Å². The highest BCUT2D eigenvalue weighted by Crippen LogP contribution is 2.24. The van der Waals surface area contributed by atoms with Gasteiger partial charge in [-0.05, 0) is 18.2 Å². The van der Waals surface area contributed by atoms with Crippen LogP contribution in [0.1, 0.15) is 0 Å². The molecule has 16 heavy (non-hydrogen) atoms. The minimum Gasteiger partial charge on any atom is -0.236 e. The Labute approximate surface area is 110 Å². The van der Waals surface area contributed by atoms with Gasteiger partial charge >= 0.3 is 0 Å². The number of hydrogen-bond acceptors (Lipinski definition) is 3. The number of hydrogen-bond donors (Lipinski definition) is 0. The first-order valence-corrected chi connectivity index (χ1v) is 7.77. The van der Waals surface area contributed by atoms with Crippen molar-refractivity contribution in [2.45, 2.75) is 8.09 Å². The van der Waals surface area contributed by atoms with Crippen molar-refractivity contribution in [1.82, 2.24) is 4.98 Å². The van der Waals surface area contributed by atoms with Crippen LogP contribution in [-0.2, 0) is 9.84 Å². The van der Waals surface area contributed by atoms with Crippen molar-refractivity contribution < 1.29 is 8.42 Å². The number of sulfone groups is 1. The van der Waals surface area contributed by atoms with E-state index in [2.05, 4.69) is 36.8 Å². The number of halogens is 2. The van der Waals surface area contributed by atoms with Gasteiger partial charge in [-0.25, -0.2) is 13.4 Å². The van der Waals surface area contributed by atoms with E-state index in [-0.39, 0.29) is 5.03 Å². The summed E-state index contributed by atoms with van der Waals surface area (Å²) in [6.45, 7) is 0. The summed E-state index contributed by atoms with van der Waals surface area (Å²) in [7, 11) is -3.45. The molecule has 1 heterocycles. The van der Waals surface area contributed by atoms with Gasteiger partial charge < -0.3 is 0 Å². The third-order valence-corrected chi connectivity index (χ3v) is 6.33. The van der Waals surface area contributed by atoms with Crippen molar-refractivity contribution in [3.63, 3.8) is 0 Å². The fraction of sp³-hybridized carbons (Fsp3) is 0.100. The molecule has 0 amide bonds. The standard InChI is InChI=1S/C10H7Br2NO2S/c11-10(12)16(14,15)9-6-5-7-3-1-2-4-8(7)13-9/h1-6,10H. The van der Waals surface area contributed by atoms with Gasteiger partial charge in [0.2, 0.25) is 9.84 Å². The molecule has 0 atom stereocenters. The Hall–Kier alpha value is -0.460. The Kier molecular flexibility index (Phi) is 3.32. The van der Waals surface area contributed by atoms with E-state index >= 15 is 0 Å². The van der Waals surface area contributed by atoms with Gasteiger partial charge in [-0.15, -0.1) is 0 Å². The maximum Gasteiger partial charge on any atom is 0.218 e. The predicted molar refractivity (Wildman–Crippen MR) is 70.6 cm³/mol. The molecule has 84 valence electrons. The molecular weight excluding hydrogens is 358 g/mol. The molecule has 2 rings (SSSR count). The topological polar surface area (TPSA) is 47.0 Å². The average Bonchev–Trinajstić information content (AvgIpc) is 2.28. The van der Waals surface area contributed by atoms with Crippen molar-refractivity contribution in [2.75, 3.05) is 0 Å². The van der Waals surface area contributed by atoms with E-state index in [0.29, 0.717) is 5.52 Å². The number of nitrogens with zero attached hydrogens (tertiary/aromatic N) is 1. The van der Waals surface area contributed by atoms with Crippen LogP contribution in [0.3, 0.4) is 0 Å². The summed E-state index contributed by atoms with van der Waals surface area (Å²) in [5.74, 6) is 0. The van der Waals surface area contributed by atoms with E-state index in [1.807, 2.05) is 18.2 Å². The second kappa shape index (κ2) is 4.43. The molecule has 0 spiro atoms. The van der Waals surface area contributed by atoms with Gasteiger partial charge in [0, 0.05) is 5.39 Å². The lowest BCUT2D eigenvalue weighted by Gasteiger charge is -2.05. The smallest absolute Gasteiger partial charge is 0.218 e. The van der Waals surface area contributed by atoms with E-state index in [1.54, 1.807) is 12.1 Å². The molecular formula is C10H7Br2NO2S. The zero-order chi connectivity index (χ0) is 11.8. The maximum absolute atomic E-state index is 11.8. The molecule has 0 aliphatic heterocycles. The summed E-state index contributed by atoms with van der Waals surface area (Å²) in [5.41, 5.74) is 0.671. The van der Waals surface area contributed by atoms with Gasteiger partial charge in [0.25, 0.3) is 0 Å². The normalized spacial score (nSPS) is 12.2. The highest BCUT2D eigenvalue weighted by Gasteiger charge is 2.23. The van der Waals surface area contributed by atoms with Gasteiger partial charge in [0.15, 0.2) is 8.09 Å². The Balaban J connectivity index is 2.65. The zero-order valence-corrected chi connectivity index (χ0v) is 12.0. The summed E-state index contributed by atoms with van der Waals surface area (Å²) in [6, 6.07) is 10.6. The number of para-hydroxylation sites is 1. The number of aromatic nitrogens is 1. The number of benzene rings is 1. The molecule has 0 aliphatic rings. The lowest BCUT2D eigenvalue weighted by molar-refractivity contribution is 0.597. The van der Waals surface area contributed by atoms with Crippen LogP contribution >= 0.6 is 31.9 Å². The zero-order valence-electron chi connectivity index (χ0n) is 7.97. The summed E-state index contributed by atoms with van der Waals surface area (Å²) in [4.78, 5) is 4.12. The van der Waals surface area contributed by atoms with Crippen LogP contribution in [0.2, 0.25) is 0 Å². The predicted octanol–water partition coefficient (Wildman–Crippen LogP) is 3.08. The highest BCUT2D eigenvalue weighted by molar-refractivity contribution is 9.27. The van der Waals surface area contributed by atoms with E-state index in [0.717, 1.165) is 5.39 Å². The maximum atomic E-state index is 11.8. The van der Waals surface area contributed by atoms with Gasteiger partial charge in [-0.1, -0.05) is 50.1 Å². The van der Waals surface area contributed by atoms with Crippen LogP contribution in [0.15, 0.2) is 41.4 Å². The van der Waals surface area contributed by atoms with Crippen molar-refractivity contribution in [2.24, 2.45) is 0 Å². The molecule has 1 aromatic heterocycles. The van der Waals surface area contributed by atoms with E-state index in [9.17, 15) is 8.42 Å². The Morgan fingerprint density at radius 2 is 1.75 bits per heavy atom. The van der Waals surface area contributed by atoms with E-state index < -0.39 is 12.9 Å². The lowest BCUT2D eigenvalue weighted by Crippen LogP contribution is -2.10. The molecule has 2 aromatic rings. The largest absolute Gasteiger partial charge is 0.236 e. The highest BCUT2D eigenvalue weighted by atomic mass is 79.9. The molecule has 3 nitrogen and oxygen atoms in total. The minimum absolute atomic E-state index is 0.0601. The van der Waals surface area contributed by atoms with Gasteiger partial charge in [-0.2, -0.15) is 0 Å². The third kappa shape index (κ3) is 2.14. The summed E-state index contributed by atoms with van der Waals surface area (Å²) >= 11 is 5.97. The molecule has 6 heteroatoms. The van der Waals surface area contributed by atoms with Crippen molar-refractivity contribution in [3.8, 4) is 0 Å². The fourth-order valence-corrected chi connectivity index (χ4v) is 3.11. The molecule has 0 saturated carbocycles. The number of pyridine rings is 1. The van der Waals surface area contributed by atoms with Crippen LogP contribution in [-0.4, -0.2) is 16.5 Å². The van der Waals surface area contributed by atoms with Gasteiger partial charge in [-0.3, -0.25) is 0 Å². The quantitative estimate of drug-likeness (QED) is 0.769. The first-order chi connectivity index (χ1) is 7.51. The van der Waals surface area contributed by atoms with Crippen LogP contribution in [0, 0.1) is 0 Å². The van der Waals surface area contributed by atoms with Crippen LogP contribution < -0.4 is 0 Å². The summed E-state index contributed by atoms with van der Waals surface area (Å²) in [6.07, 6.45) is 0.